The van der Waals surface area contributed by atoms with Crippen LogP contribution in [-0.2, 0) is 4.74 Å². The van der Waals surface area contributed by atoms with Gasteiger partial charge in [0.25, 0.3) is 0 Å². The number of anilines is 1. The maximum absolute atomic E-state index is 11.2. The maximum atomic E-state index is 11.2. The van der Waals surface area contributed by atoms with Crippen molar-refractivity contribution >= 4 is 33.8 Å². The Labute approximate surface area is 105 Å². The van der Waals surface area contributed by atoms with Gasteiger partial charge in [-0.25, -0.2) is 19.6 Å². The summed E-state index contributed by atoms with van der Waals surface area (Å²) in [4.78, 5) is 29.2. The Morgan fingerprint density at radius 1 is 1.65 bits per heavy atom. The van der Waals surface area contributed by atoms with E-state index in [1.165, 1.54) is 6.08 Å². The van der Waals surface area contributed by atoms with Gasteiger partial charge in [-0.05, 0) is 15.9 Å². The number of halogens is 1. The molecule has 17 heavy (non-hydrogen) atoms. The first-order valence-electron chi connectivity index (χ1n) is 4.35. The fourth-order valence-electron chi connectivity index (χ4n) is 0.824. The van der Waals surface area contributed by atoms with Crippen LogP contribution in [-0.4, -0.2) is 33.7 Å². The molecular formula is C9H8BrN3O4. The smallest absolute Gasteiger partial charge is 0.413 e. The second-order valence-corrected chi connectivity index (χ2v) is 3.46. The van der Waals surface area contributed by atoms with E-state index >= 15 is 0 Å². The number of ether oxygens (including phenoxy) is 1. The predicted octanol–water partition coefficient (Wildman–Crippen LogP) is 1.67. The number of carbonyl (C=O) groups is 2. The first kappa shape index (κ1) is 13.1. The Balaban J connectivity index is 2.82. The van der Waals surface area contributed by atoms with Crippen molar-refractivity contribution in [3.63, 3.8) is 0 Å². The normalized spacial score (nSPS) is 9.47. The molecule has 0 fully saturated rings. The number of nitrogens with zero attached hydrogens (tertiary/aromatic N) is 2. The van der Waals surface area contributed by atoms with Gasteiger partial charge in [0.1, 0.15) is 11.2 Å². The summed E-state index contributed by atoms with van der Waals surface area (Å²) >= 11 is 3.02. The molecule has 1 aromatic heterocycles. The molecule has 0 aliphatic rings. The van der Waals surface area contributed by atoms with E-state index in [1.807, 2.05) is 0 Å². The van der Waals surface area contributed by atoms with Crippen molar-refractivity contribution in [3.05, 3.63) is 29.1 Å². The van der Waals surface area contributed by atoms with Gasteiger partial charge in [-0.3, -0.25) is 5.32 Å². The molecule has 0 unspecified atom stereocenters. The van der Waals surface area contributed by atoms with Crippen molar-refractivity contribution in [1.82, 2.24) is 9.97 Å². The highest BCUT2D eigenvalue weighted by atomic mass is 79.9. The van der Waals surface area contributed by atoms with Crippen molar-refractivity contribution in [3.8, 4) is 0 Å². The highest BCUT2D eigenvalue weighted by molar-refractivity contribution is 9.10. The first-order chi connectivity index (χ1) is 8.04. The molecule has 0 saturated heterocycles. The van der Waals surface area contributed by atoms with E-state index in [2.05, 4.69) is 42.5 Å². The fourth-order valence-corrected chi connectivity index (χ4v) is 1.11. The molecule has 0 spiro atoms. The molecule has 2 N–H and O–H groups in total. The number of hydrogen-bond acceptors (Lipinski definition) is 5. The lowest BCUT2D eigenvalue weighted by molar-refractivity contribution is 0.0690. The largest absolute Gasteiger partial charge is 0.476 e. The number of carbonyl (C=O) groups excluding carboxylic acids is 1. The van der Waals surface area contributed by atoms with Gasteiger partial charge >= 0.3 is 12.1 Å². The molecule has 0 aliphatic heterocycles. The number of nitrogens with one attached hydrogen (secondary N) is 1. The number of amides is 1. The van der Waals surface area contributed by atoms with Crippen molar-refractivity contribution in [2.45, 2.75) is 0 Å². The average molecular weight is 302 g/mol. The van der Waals surface area contributed by atoms with Gasteiger partial charge in [0.15, 0.2) is 11.5 Å². The van der Waals surface area contributed by atoms with Gasteiger partial charge in [-0.1, -0.05) is 12.7 Å². The molecule has 1 aromatic rings. The van der Waals surface area contributed by atoms with Gasteiger partial charge in [0, 0.05) is 0 Å². The SMILES string of the molecule is C=CCOC(=O)Nc1nc(C(=O)O)cnc1Br. The molecule has 1 amide bonds. The second-order valence-electron chi connectivity index (χ2n) is 2.71. The van der Waals surface area contributed by atoms with Crippen molar-refractivity contribution in [2.75, 3.05) is 11.9 Å². The standard InChI is InChI=1S/C9H8BrN3O4/c1-2-3-17-9(16)13-7-6(10)11-4-5(12-7)8(14)15/h2,4H,1,3H2,(H,14,15)(H,12,13,16). The summed E-state index contributed by atoms with van der Waals surface area (Å²) in [6.07, 6.45) is 1.68. The zero-order valence-electron chi connectivity index (χ0n) is 8.51. The Morgan fingerprint density at radius 2 is 2.35 bits per heavy atom. The van der Waals surface area contributed by atoms with Crippen LogP contribution in [0.5, 0.6) is 0 Å². The molecule has 90 valence electrons. The van der Waals surface area contributed by atoms with Gasteiger partial charge < -0.3 is 9.84 Å². The van der Waals surface area contributed by atoms with E-state index in [0.717, 1.165) is 6.20 Å². The van der Waals surface area contributed by atoms with E-state index in [-0.39, 0.29) is 22.7 Å². The van der Waals surface area contributed by atoms with Crippen LogP contribution in [0.25, 0.3) is 0 Å². The van der Waals surface area contributed by atoms with Crippen LogP contribution in [0.1, 0.15) is 10.5 Å². The number of carboxylic acids is 1. The molecule has 8 heteroatoms. The maximum Gasteiger partial charge on any atom is 0.413 e. The van der Waals surface area contributed by atoms with Crippen LogP contribution in [0.15, 0.2) is 23.5 Å². The minimum absolute atomic E-state index is 0.0287. The van der Waals surface area contributed by atoms with Gasteiger partial charge in [0.05, 0.1) is 6.20 Å². The number of rotatable bonds is 4. The van der Waals surface area contributed by atoms with Crippen LogP contribution in [0.4, 0.5) is 10.6 Å². The highest BCUT2D eigenvalue weighted by Crippen LogP contribution is 2.17. The van der Waals surface area contributed by atoms with Gasteiger partial charge in [-0.15, -0.1) is 0 Å². The molecule has 0 aliphatic carbocycles. The zero-order chi connectivity index (χ0) is 12.8. The quantitative estimate of drug-likeness (QED) is 0.820. The fraction of sp³-hybridized carbons (Fsp3) is 0.111. The van der Waals surface area contributed by atoms with Crippen LogP contribution >= 0.6 is 15.9 Å². The van der Waals surface area contributed by atoms with E-state index in [0.29, 0.717) is 0 Å². The summed E-state index contributed by atoms with van der Waals surface area (Å²) in [5, 5.41) is 10.9. The van der Waals surface area contributed by atoms with E-state index in [4.69, 9.17) is 5.11 Å². The molecule has 0 bridgehead atoms. The summed E-state index contributed by atoms with van der Waals surface area (Å²) in [6.45, 7) is 3.41. The summed E-state index contributed by atoms with van der Waals surface area (Å²) in [7, 11) is 0. The summed E-state index contributed by atoms with van der Waals surface area (Å²) < 4.78 is 4.85. The van der Waals surface area contributed by atoms with Gasteiger partial charge in [-0.2, -0.15) is 0 Å². The number of aromatic carboxylic acids is 1. The predicted molar refractivity (Wildman–Crippen MR) is 61.9 cm³/mol. The lowest BCUT2D eigenvalue weighted by Gasteiger charge is -2.06. The van der Waals surface area contributed by atoms with Crippen LogP contribution in [0.3, 0.4) is 0 Å². The Bertz CT molecular complexity index is 464. The Hall–Kier alpha value is -1.96. The number of hydrogen-bond donors (Lipinski definition) is 2. The number of carboxylic acid groups (broad SMARTS) is 1. The van der Waals surface area contributed by atoms with E-state index < -0.39 is 12.1 Å². The van der Waals surface area contributed by atoms with Crippen LogP contribution in [0, 0.1) is 0 Å². The van der Waals surface area contributed by atoms with Crippen molar-refractivity contribution < 1.29 is 19.4 Å². The second kappa shape index (κ2) is 5.94. The Morgan fingerprint density at radius 3 is 2.94 bits per heavy atom. The molecule has 0 aromatic carbocycles. The van der Waals surface area contributed by atoms with Crippen molar-refractivity contribution in [2.24, 2.45) is 0 Å². The third kappa shape index (κ3) is 3.83. The third-order valence-electron chi connectivity index (χ3n) is 1.50. The van der Waals surface area contributed by atoms with Crippen LogP contribution < -0.4 is 5.32 Å². The summed E-state index contributed by atoms with van der Waals surface area (Å²) in [5.41, 5.74) is -0.285. The molecule has 1 rings (SSSR count). The van der Waals surface area contributed by atoms with Gasteiger partial charge in [0.2, 0.25) is 0 Å². The lowest BCUT2D eigenvalue weighted by Crippen LogP contribution is -2.16. The topological polar surface area (TPSA) is 101 Å². The number of aromatic nitrogens is 2. The summed E-state index contributed by atoms with van der Waals surface area (Å²) in [5.74, 6) is -1.27. The molecule has 0 atom stereocenters. The van der Waals surface area contributed by atoms with E-state index in [9.17, 15) is 9.59 Å². The first-order valence-corrected chi connectivity index (χ1v) is 5.14. The lowest BCUT2D eigenvalue weighted by atomic mass is 10.4. The molecule has 7 nitrogen and oxygen atoms in total. The van der Waals surface area contributed by atoms with E-state index in [1.54, 1.807) is 0 Å². The molecule has 1 heterocycles. The highest BCUT2D eigenvalue weighted by Gasteiger charge is 2.12. The monoisotopic (exact) mass is 301 g/mol. The summed E-state index contributed by atoms with van der Waals surface area (Å²) in [6, 6.07) is 0. The van der Waals surface area contributed by atoms with Crippen LogP contribution in [0.2, 0.25) is 0 Å². The molecular weight excluding hydrogens is 294 g/mol. The van der Waals surface area contributed by atoms with Crippen molar-refractivity contribution in [1.29, 1.82) is 0 Å². The minimum atomic E-state index is -1.24. The average Bonchev–Trinajstić information content (AvgIpc) is 2.29. The zero-order valence-corrected chi connectivity index (χ0v) is 10.1. The molecule has 0 saturated carbocycles. The third-order valence-corrected chi connectivity index (χ3v) is 2.08. The Kier molecular flexibility index (Phi) is 4.58. The molecule has 0 radical (unpaired) electrons. The minimum Gasteiger partial charge on any atom is -0.476 e.